The Hall–Kier alpha value is -3.43. The summed E-state index contributed by atoms with van der Waals surface area (Å²) in [5, 5.41) is 3.41. The van der Waals surface area contributed by atoms with Gasteiger partial charge < -0.3 is 25.4 Å². The van der Waals surface area contributed by atoms with Gasteiger partial charge in [-0.1, -0.05) is 50.4 Å². The lowest BCUT2D eigenvalue weighted by Gasteiger charge is -2.45. The van der Waals surface area contributed by atoms with Gasteiger partial charge in [0.25, 0.3) is 0 Å². The Balaban J connectivity index is 1.65. The number of esters is 2. The van der Waals surface area contributed by atoms with E-state index in [2.05, 4.69) is 31.1 Å². The summed E-state index contributed by atoms with van der Waals surface area (Å²) in [6.07, 6.45) is 4.26. The van der Waals surface area contributed by atoms with Crippen LogP contribution in [0, 0.1) is 0 Å². The van der Waals surface area contributed by atoms with E-state index in [-0.39, 0.29) is 25.2 Å². The molecule has 0 saturated heterocycles. The van der Waals surface area contributed by atoms with E-state index in [0.717, 1.165) is 16.9 Å². The molecule has 2 unspecified atom stereocenters. The molecule has 0 saturated carbocycles. The van der Waals surface area contributed by atoms with Crippen LogP contribution in [0.2, 0.25) is 19.1 Å². The van der Waals surface area contributed by atoms with Gasteiger partial charge in [0.05, 0.1) is 13.1 Å². The van der Waals surface area contributed by atoms with Crippen molar-refractivity contribution < 1.29 is 23.9 Å². The van der Waals surface area contributed by atoms with Crippen LogP contribution in [0.5, 0.6) is 0 Å². The van der Waals surface area contributed by atoms with E-state index in [0.29, 0.717) is 35.1 Å². The van der Waals surface area contributed by atoms with Crippen LogP contribution in [0.1, 0.15) is 30.9 Å². The Kier molecular flexibility index (Phi) is 5.80. The number of cyclic esters (lactones) is 1. The van der Waals surface area contributed by atoms with Crippen LogP contribution in [-0.4, -0.2) is 48.6 Å². The predicted molar refractivity (Wildman–Crippen MR) is 137 cm³/mol. The van der Waals surface area contributed by atoms with Crippen LogP contribution in [0.4, 0.5) is 0 Å². The average molecular weight is 506 g/mol. The largest absolute Gasteiger partial charge is 0.458 e. The second kappa shape index (κ2) is 8.60. The number of carbonyl (C=O) groups excluding carboxylic acids is 3. The smallest absolute Gasteiger partial charge is 0.355 e. The number of allylic oxidation sites excluding steroid dienone is 3. The van der Waals surface area contributed by atoms with Crippen molar-refractivity contribution in [2.45, 2.75) is 56.8 Å². The minimum atomic E-state index is -2.34. The zero-order valence-corrected chi connectivity index (χ0v) is 21.8. The Bertz CT molecular complexity index is 1290. The van der Waals surface area contributed by atoms with E-state index in [1.165, 1.54) is 0 Å². The highest BCUT2D eigenvalue weighted by atomic mass is 28.3. The number of nitrogens with zero attached hydrogens (tertiary/aromatic N) is 1. The molecule has 3 aliphatic heterocycles. The molecule has 1 aromatic carbocycles. The van der Waals surface area contributed by atoms with Crippen LogP contribution in [0.15, 0.2) is 65.3 Å². The molecule has 0 bridgehead atoms. The molecule has 0 amide bonds. The molecule has 0 aromatic heterocycles. The van der Waals surface area contributed by atoms with Crippen molar-refractivity contribution in [1.82, 2.24) is 10.2 Å². The number of hydrogen-bond donors (Lipinski definition) is 2. The van der Waals surface area contributed by atoms with Crippen molar-refractivity contribution in [3.05, 3.63) is 76.4 Å². The molecular formula is C27H31N3O5Si. The standard InChI is InChI=1S/C27H31N3O5Si/c1-5-11-36(3,4)25-22-18(27(6-2,26(33)34-25)35-21(31)14-28)13-19-23(24(22)32)30-15-17-10-8-7-9-16(17)12-20(30)29-19/h5,7-10,12,25,29H,1,6,11,13-15,28H2,2-4H3. The van der Waals surface area contributed by atoms with Crippen LogP contribution in [0.25, 0.3) is 6.08 Å². The molecule has 8 nitrogen and oxygen atoms in total. The first-order valence-corrected chi connectivity index (χ1v) is 15.5. The third-order valence-corrected chi connectivity index (χ3v) is 10.7. The molecule has 3 N–H and O–H groups in total. The van der Waals surface area contributed by atoms with Crippen molar-refractivity contribution >= 4 is 31.9 Å². The van der Waals surface area contributed by atoms with Gasteiger partial charge in [-0.05, 0) is 29.7 Å². The van der Waals surface area contributed by atoms with Gasteiger partial charge >= 0.3 is 11.9 Å². The first-order valence-electron chi connectivity index (χ1n) is 12.3. The summed E-state index contributed by atoms with van der Waals surface area (Å²) in [5.41, 5.74) is 7.61. The van der Waals surface area contributed by atoms with E-state index < -0.39 is 31.3 Å². The van der Waals surface area contributed by atoms with Crippen molar-refractivity contribution in [3.63, 3.8) is 0 Å². The summed E-state index contributed by atoms with van der Waals surface area (Å²) in [6, 6.07) is 8.73. The molecule has 0 radical (unpaired) electrons. The molecule has 2 atom stereocenters. The molecule has 4 aliphatic rings. The maximum atomic E-state index is 14.4. The number of Topliss-reactive ketones (excluding diaryl/α,β-unsaturated/α-hetero) is 1. The van der Waals surface area contributed by atoms with Crippen LogP contribution >= 0.6 is 0 Å². The number of carbonyl (C=O) groups is 3. The van der Waals surface area contributed by atoms with E-state index >= 15 is 0 Å². The lowest BCUT2D eigenvalue weighted by molar-refractivity contribution is -0.181. The number of nitrogens with one attached hydrogen (secondary N) is 1. The molecule has 5 rings (SSSR count). The first kappa shape index (κ1) is 24.3. The Morgan fingerprint density at radius 1 is 1.36 bits per heavy atom. The van der Waals surface area contributed by atoms with Crippen molar-refractivity contribution in [2.75, 3.05) is 6.54 Å². The van der Waals surface area contributed by atoms with Crippen LogP contribution in [0.3, 0.4) is 0 Å². The second-order valence-electron chi connectivity index (χ2n) is 10.3. The summed E-state index contributed by atoms with van der Waals surface area (Å²) in [4.78, 5) is 42.3. The molecule has 9 heteroatoms. The average Bonchev–Trinajstić information content (AvgIpc) is 3.21. The summed E-state index contributed by atoms with van der Waals surface area (Å²) >= 11 is 0. The van der Waals surface area contributed by atoms with Gasteiger partial charge in [-0.15, -0.1) is 6.58 Å². The number of fused-ring (bicyclic) bond motifs is 3. The second-order valence-corrected chi connectivity index (χ2v) is 15.2. The van der Waals surface area contributed by atoms with Crippen molar-refractivity contribution in [1.29, 1.82) is 0 Å². The van der Waals surface area contributed by atoms with Gasteiger partial charge in [-0.3, -0.25) is 9.59 Å². The number of hydrogen-bond acceptors (Lipinski definition) is 8. The quantitative estimate of drug-likeness (QED) is 0.345. The van der Waals surface area contributed by atoms with Crippen LogP contribution < -0.4 is 11.1 Å². The van der Waals surface area contributed by atoms with E-state index in [9.17, 15) is 14.4 Å². The molecule has 0 spiro atoms. The highest BCUT2D eigenvalue weighted by molar-refractivity contribution is 6.80. The van der Waals surface area contributed by atoms with Gasteiger partial charge in [-0.2, -0.15) is 0 Å². The van der Waals surface area contributed by atoms with E-state index in [1.54, 1.807) is 6.92 Å². The van der Waals surface area contributed by atoms with Gasteiger partial charge in [0.15, 0.2) is 0 Å². The highest BCUT2D eigenvalue weighted by Crippen LogP contribution is 2.49. The minimum absolute atomic E-state index is 0.139. The van der Waals surface area contributed by atoms with Crippen molar-refractivity contribution in [3.8, 4) is 0 Å². The number of rotatable bonds is 6. The maximum absolute atomic E-state index is 14.4. The first-order chi connectivity index (χ1) is 17.2. The molecule has 3 heterocycles. The number of nitrogens with two attached hydrogens (primary N) is 1. The third-order valence-electron chi connectivity index (χ3n) is 7.58. The minimum Gasteiger partial charge on any atom is -0.458 e. The Morgan fingerprint density at radius 2 is 2.11 bits per heavy atom. The fourth-order valence-electron chi connectivity index (χ4n) is 5.72. The molecular weight excluding hydrogens is 474 g/mol. The van der Waals surface area contributed by atoms with Gasteiger partial charge in [-0.25, -0.2) is 4.79 Å². The number of benzene rings is 1. The Labute approximate surface area is 211 Å². The normalized spacial score (nSPS) is 24.7. The highest BCUT2D eigenvalue weighted by Gasteiger charge is 2.59. The topological polar surface area (TPSA) is 111 Å². The van der Waals surface area contributed by atoms with E-state index in [1.807, 2.05) is 35.3 Å². The number of ether oxygens (including phenoxy) is 2. The molecule has 188 valence electrons. The summed E-state index contributed by atoms with van der Waals surface area (Å²) in [6.45, 7) is 9.97. The summed E-state index contributed by atoms with van der Waals surface area (Å²) in [5.74, 6) is -0.729. The fourth-order valence-corrected chi connectivity index (χ4v) is 8.20. The third kappa shape index (κ3) is 3.48. The fraction of sp³-hybridized carbons (Fsp3) is 0.370. The predicted octanol–water partition coefficient (Wildman–Crippen LogP) is 2.89. The lowest BCUT2D eigenvalue weighted by Crippen LogP contribution is -2.59. The SMILES string of the molecule is C=CC[Si](C)(C)C1OC(=O)C(CC)(OC(=O)CN)C2=C1C(=O)C1=C(C2)NC2=Cc3ccccc3CN21. The van der Waals surface area contributed by atoms with E-state index in [4.69, 9.17) is 15.2 Å². The van der Waals surface area contributed by atoms with Gasteiger partial charge in [0.1, 0.15) is 25.3 Å². The summed E-state index contributed by atoms with van der Waals surface area (Å²) < 4.78 is 11.8. The molecule has 1 aromatic rings. The number of ketones is 1. The van der Waals surface area contributed by atoms with Gasteiger partial charge in [0.2, 0.25) is 11.4 Å². The maximum Gasteiger partial charge on any atom is 0.355 e. The zero-order chi connectivity index (χ0) is 25.8. The van der Waals surface area contributed by atoms with Crippen LogP contribution in [-0.2, 0) is 30.4 Å². The van der Waals surface area contributed by atoms with Crippen molar-refractivity contribution in [2.24, 2.45) is 5.73 Å². The molecule has 36 heavy (non-hydrogen) atoms. The Morgan fingerprint density at radius 3 is 2.81 bits per heavy atom. The monoisotopic (exact) mass is 505 g/mol. The summed E-state index contributed by atoms with van der Waals surface area (Å²) in [7, 11) is -2.34. The lowest BCUT2D eigenvalue weighted by atomic mass is 9.77. The van der Waals surface area contributed by atoms with Gasteiger partial charge in [0, 0.05) is 23.3 Å². The zero-order valence-electron chi connectivity index (χ0n) is 20.8. The molecule has 1 aliphatic carbocycles. The molecule has 0 fully saturated rings.